The molecule has 6 rings (SSSR count). The van der Waals surface area contributed by atoms with Crippen molar-refractivity contribution in [2.45, 2.75) is 13.0 Å². The summed E-state index contributed by atoms with van der Waals surface area (Å²) in [6.07, 6.45) is 0.337. The Kier molecular flexibility index (Phi) is 4.85. The summed E-state index contributed by atoms with van der Waals surface area (Å²) in [5.41, 5.74) is 4.30. The first-order valence-corrected chi connectivity index (χ1v) is 11.3. The molecular formula is C26H18ClN5O2. The quantitative estimate of drug-likeness (QED) is 0.423. The van der Waals surface area contributed by atoms with Crippen LogP contribution in [-0.2, 0) is 13.0 Å². The summed E-state index contributed by atoms with van der Waals surface area (Å²) in [6, 6.07) is 22.5. The number of aliphatic imine (C=N–C) groups is 1. The number of hydrogen-bond acceptors (Lipinski definition) is 5. The lowest BCUT2D eigenvalue weighted by atomic mass is 10.0. The molecule has 2 aliphatic rings. The second kappa shape index (κ2) is 8.04. The lowest BCUT2D eigenvalue weighted by Gasteiger charge is -2.17. The summed E-state index contributed by atoms with van der Waals surface area (Å²) in [7, 11) is 0. The second-order valence-corrected chi connectivity index (χ2v) is 8.50. The van der Waals surface area contributed by atoms with Crippen molar-refractivity contribution in [1.29, 1.82) is 0 Å². The van der Waals surface area contributed by atoms with E-state index in [1.54, 1.807) is 24.3 Å². The molecule has 34 heavy (non-hydrogen) atoms. The van der Waals surface area contributed by atoms with Gasteiger partial charge < -0.3 is 0 Å². The maximum atomic E-state index is 12.8. The maximum absolute atomic E-state index is 12.8. The smallest absolute Gasteiger partial charge is 0.261 e. The molecule has 0 atom stereocenters. The van der Waals surface area contributed by atoms with E-state index in [0.29, 0.717) is 40.8 Å². The number of imide groups is 1. The molecule has 2 aliphatic heterocycles. The summed E-state index contributed by atoms with van der Waals surface area (Å²) in [4.78, 5) is 31.7. The SMILES string of the molecule is O=C1c2ccccc2C(=O)N1CCc1nnc2n1-c1c(Cl)cccc1C(c1ccccc1)=NC2. The van der Waals surface area contributed by atoms with Crippen LogP contribution in [0.25, 0.3) is 5.69 Å². The molecule has 0 N–H and O–H groups in total. The number of carbonyl (C=O) groups excluding carboxylic acids is 2. The first-order valence-electron chi connectivity index (χ1n) is 10.9. The van der Waals surface area contributed by atoms with Crippen molar-refractivity contribution in [2.75, 3.05) is 6.54 Å². The van der Waals surface area contributed by atoms with Gasteiger partial charge >= 0.3 is 0 Å². The van der Waals surface area contributed by atoms with Gasteiger partial charge in [0.2, 0.25) is 0 Å². The highest BCUT2D eigenvalue weighted by Crippen LogP contribution is 2.32. The molecule has 2 amide bonds. The summed E-state index contributed by atoms with van der Waals surface area (Å²) in [5.74, 6) is 0.691. The van der Waals surface area contributed by atoms with Gasteiger partial charge in [-0.25, -0.2) is 0 Å². The summed E-state index contributed by atoms with van der Waals surface area (Å²) in [6.45, 7) is 0.520. The van der Waals surface area contributed by atoms with Crippen LogP contribution in [-0.4, -0.2) is 43.7 Å². The molecule has 3 heterocycles. The molecule has 0 bridgehead atoms. The molecule has 4 aromatic rings. The highest BCUT2D eigenvalue weighted by atomic mass is 35.5. The Hall–Kier alpha value is -4.10. The van der Waals surface area contributed by atoms with Crippen LogP contribution >= 0.6 is 11.6 Å². The number of halogens is 1. The molecule has 0 aliphatic carbocycles. The van der Waals surface area contributed by atoms with Crippen LogP contribution in [0, 0.1) is 0 Å². The molecule has 1 aromatic heterocycles. The number of hydrogen-bond donors (Lipinski definition) is 0. The fourth-order valence-corrected chi connectivity index (χ4v) is 4.80. The largest absolute Gasteiger partial charge is 0.279 e. The third-order valence-electron chi connectivity index (χ3n) is 6.13. The van der Waals surface area contributed by atoms with Crippen molar-refractivity contribution >= 4 is 29.1 Å². The van der Waals surface area contributed by atoms with E-state index < -0.39 is 0 Å². The minimum atomic E-state index is -0.288. The van der Waals surface area contributed by atoms with E-state index in [-0.39, 0.29) is 18.4 Å². The molecule has 0 saturated heterocycles. The van der Waals surface area contributed by atoms with Gasteiger partial charge in [0.05, 0.1) is 27.5 Å². The number of amides is 2. The number of carbonyl (C=O) groups is 2. The maximum Gasteiger partial charge on any atom is 0.261 e. The Labute approximate surface area is 200 Å². The molecule has 0 fully saturated rings. The number of rotatable bonds is 4. The number of nitrogens with zero attached hydrogens (tertiary/aromatic N) is 5. The molecule has 0 radical (unpaired) electrons. The number of benzene rings is 3. The van der Waals surface area contributed by atoms with Gasteiger partial charge in [-0.15, -0.1) is 10.2 Å². The molecular weight excluding hydrogens is 450 g/mol. The van der Waals surface area contributed by atoms with E-state index in [1.807, 2.05) is 53.1 Å². The van der Waals surface area contributed by atoms with Crippen molar-refractivity contribution in [2.24, 2.45) is 4.99 Å². The average molecular weight is 468 g/mol. The van der Waals surface area contributed by atoms with E-state index >= 15 is 0 Å². The van der Waals surface area contributed by atoms with Gasteiger partial charge in [0.1, 0.15) is 12.4 Å². The minimum absolute atomic E-state index is 0.191. The average Bonchev–Trinajstić information content (AvgIpc) is 3.30. The fraction of sp³-hybridized carbons (Fsp3) is 0.115. The Balaban J connectivity index is 1.37. The van der Waals surface area contributed by atoms with Gasteiger partial charge in [-0.2, -0.15) is 0 Å². The van der Waals surface area contributed by atoms with Gasteiger partial charge in [-0.1, -0.05) is 66.2 Å². The molecule has 0 unspecified atom stereocenters. The van der Waals surface area contributed by atoms with Gasteiger partial charge in [0, 0.05) is 24.1 Å². The first kappa shape index (κ1) is 20.5. The standard InChI is InChI=1S/C26H18ClN5O2/c27-20-12-6-11-19-23(16-7-2-1-3-8-16)28-15-22-30-29-21(32(22)24(19)20)13-14-31-25(33)17-9-4-5-10-18(17)26(31)34/h1-12H,13-15H2. The van der Waals surface area contributed by atoms with Crippen LogP contribution in [0.1, 0.15) is 43.5 Å². The minimum Gasteiger partial charge on any atom is -0.279 e. The second-order valence-electron chi connectivity index (χ2n) is 8.09. The van der Waals surface area contributed by atoms with Crippen LogP contribution in [0.4, 0.5) is 0 Å². The Bertz CT molecular complexity index is 1460. The zero-order valence-electron chi connectivity index (χ0n) is 18.0. The van der Waals surface area contributed by atoms with E-state index in [2.05, 4.69) is 10.2 Å². The molecule has 0 spiro atoms. The van der Waals surface area contributed by atoms with Crippen molar-refractivity contribution in [1.82, 2.24) is 19.7 Å². The predicted molar refractivity (Wildman–Crippen MR) is 128 cm³/mol. The summed E-state index contributed by atoms with van der Waals surface area (Å²) >= 11 is 6.71. The van der Waals surface area contributed by atoms with Gasteiger partial charge in [0.15, 0.2) is 5.82 Å². The Morgan fingerprint density at radius 1 is 0.794 bits per heavy atom. The molecule has 7 nitrogen and oxygen atoms in total. The fourth-order valence-electron chi connectivity index (χ4n) is 4.54. The molecule has 8 heteroatoms. The predicted octanol–water partition coefficient (Wildman–Crippen LogP) is 4.11. The topological polar surface area (TPSA) is 80.5 Å². The highest BCUT2D eigenvalue weighted by molar-refractivity contribution is 6.33. The zero-order valence-corrected chi connectivity index (χ0v) is 18.7. The Morgan fingerprint density at radius 2 is 1.47 bits per heavy atom. The molecule has 3 aromatic carbocycles. The van der Waals surface area contributed by atoms with Crippen LogP contribution in [0.15, 0.2) is 77.8 Å². The van der Waals surface area contributed by atoms with Crippen LogP contribution in [0.3, 0.4) is 0 Å². The monoisotopic (exact) mass is 467 g/mol. The van der Waals surface area contributed by atoms with Crippen molar-refractivity contribution in [3.05, 3.63) is 112 Å². The third-order valence-corrected chi connectivity index (χ3v) is 6.43. The summed E-state index contributed by atoms with van der Waals surface area (Å²) in [5, 5.41) is 9.29. The lowest BCUT2D eigenvalue weighted by Crippen LogP contribution is -2.32. The van der Waals surface area contributed by atoms with Crippen molar-refractivity contribution in [3.63, 3.8) is 0 Å². The zero-order chi connectivity index (χ0) is 23.2. The van der Waals surface area contributed by atoms with Gasteiger partial charge in [-0.3, -0.25) is 24.0 Å². The molecule has 166 valence electrons. The number of para-hydroxylation sites is 1. The third kappa shape index (κ3) is 3.16. The van der Waals surface area contributed by atoms with Crippen LogP contribution < -0.4 is 0 Å². The first-order chi connectivity index (χ1) is 16.6. The van der Waals surface area contributed by atoms with E-state index in [9.17, 15) is 9.59 Å². The van der Waals surface area contributed by atoms with E-state index in [4.69, 9.17) is 16.6 Å². The Morgan fingerprint density at radius 3 is 2.21 bits per heavy atom. The highest BCUT2D eigenvalue weighted by Gasteiger charge is 2.35. The van der Waals surface area contributed by atoms with Gasteiger partial charge in [-0.05, 0) is 18.2 Å². The molecule has 0 saturated carbocycles. The lowest BCUT2D eigenvalue weighted by molar-refractivity contribution is 0.0655. The van der Waals surface area contributed by atoms with Crippen LogP contribution in [0.2, 0.25) is 5.02 Å². The van der Waals surface area contributed by atoms with Gasteiger partial charge in [0.25, 0.3) is 11.8 Å². The number of aromatic nitrogens is 3. The van der Waals surface area contributed by atoms with E-state index in [0.717, 1.165) is 22.5 Å². The van der Waals surface area contributed by atoms with Crippen molar-refractivity contribution in [3.8, 4) is 5.69 Å². The van der Waals surface area contributed by atoms with Crippen LogP contribution in [0.5, 0.6) is 0 Å². The van der Waals surface area contributed by atoms with E-state index in [1.165, 1.54) is 4.90 Å². The summed E-state index contributed by atoms with van der Waals surface area (Å²) < 4.78 is 1.91. The normalized spacial score (nSPS) is 14.4. The van der Waals surface area contributed by atoms with Crippen molar-refractivity contribution < 1.29 is 9.59 Å². The number of fused-ring (bicyclic) bond motifs is 4.